The van der Waals surface area contributed by atoms with Gasteiger partial charge in [-0.25, -0.2) is 9.97 Å². The predicted octanol–water partition coefficient (Wildman–Crippen LogP) is 4.26. The van der Waals surface area contributed by atoms with Gasteiger partial charge in [0.2, 0.25) is 0 Å². The summed E-state index contributed by atoms with van der Waals surface area (Å²) in [5.74, 6) is 2.99. The Labute approximate surface area is 177 Å². The molecular weight excluding hydrogens is 380 g/mol. The van der Waals surface area contributed by atoms with Gasteiger partial charge in [0.15, 0.2) is 5.82 Å². The molecule has 1 fully saturated rings. The van der Waals surface area contributed by atoms with E-state index in [2.05, 4.69) is 15.2 Å². The van der Waals surface area contributed by atoms with Gasteiger partial charge in [-0.1, -0.05) is 0 Å². The number of ether oxygens (including phenoxy) is 3. The van der Waals surface area contributed by atoms with Crippen LogP contribution in [0.3, 0.4) is 0 Å². The fourth-order valence-electron chi connectivity index (χ4n) is 3.78. The zero-order valence-corrected chi connectivity index (χ0v) is 17.8. The monoisotopic (exact) mass is 408 g/mol. The lowest BCUT2D eigenvalue weighted by Crippen LogP contribution is -2.30. The summed E-state index contributed by atoms with van der Waals surface area (Å²) in [5, 5.41) is 3.46. The van der Waals surface area contributed by atoms with Gasteiger partial charge in [0, 0.05) is 37.0 Å². The number of nitrogens with zero attached hydrogens (tertiary/aromatic N) is 3. The van der Waals surface area contributed by atoms with Crippen molar-refractivity contribution in [3.8, 4) is 17.4 Å². The van der Waals surface area contributed by atoms with Crippen LogP contribution in [0.2, 0.25) is 0 Å². The average Bonchev–Trinajstić information content (AvgIpc) is 2.82. The lowest BCUT2D eigenvalue weighted by Gasteiger charge is -2.28. The summed E-state index contributed by atoms with van der Waals surface area (Å²) in [5.41, 5.74) is 3.70. The minimum atomic E-state index is 0.591. The quantitative estimate of drug-likeness (QED) is 0.626. The van der Waals surface area contributed by atoms with Crippen molar-refractivity contribution < 1.29 is 14.2 Å². The first kappa shape index (κ1) is 20.1. The van der Waals surface area contributed by atoms with E-state index in [0.29, 0.717) is 12.4 Å². The number of rotatable bonds is 7. The van der Waals surface area contributed by atoms with Gasteiger partial charge < -0.3 is 24.4 Å². The molecule has 1 aromatic heterocycles. The van der Waals surface area contributed by atoms with Gasteiger partial charge in [-0.15, -0.1) is 0 Å². The number of methoxy groups -OCH3 is 3. The van der Waals surface area contributed by atoms with Crippen LogP contribution in [0.5, 0.6) is 17.4 Å². The van der Waals surface area contributed by atoms with Crippen LogP contribution in [0.15, 0.2) is 36.4 Å². The third kappa shape index (κ3) is 4.20. The molecule has 158 valence electrons. The number of nitrogens with one attached hydrogen (secondary N) is 1. The first-order chi connectivity index (χ1) is 14.7. The molecule has 1 N–H and O–H groups in total. The van der Waals surface area contributed by atoms with E-state index in [9.17, 15) is 0 Å². The first-order valence-corrected chi connectivity index (χ1v) is 10.3. The maximum Gasteiger partial charge on any atom is 0.257 e. The molecule has 0 spiro atoms. The number of hydrogen-bond donors (Lipinski definition) is 1. The Bertz CT molecular complexity index is 1020. The number of hydrogen-bond acceptors (Lipinski definition) is 7. The van der Waals surface area contributed by atoms with Crippen LogP contribution in [0.4, 0.5) is 11.5 Å². The zero-order valence-electron chi connectivity index (χ0n) is 17.8. The second kappa shape index (κ2) is 9.07. The molecule has 0 aliphatic carbocycles. The lowest BCUT2D eigenvalue weighted by molar-refractivity contribution is 0.391. The van der Waals surface area contributed by atoms with Crippen molar-refractivity contribution in [1.29, 1.82) is 0 Å². The molecule has 0 bridgehead atoms. The van der Waals surface area contributed by atoms with Crippen LogP contribution in [0.1, 0.15) is 24.8 Å². The van der Waals surface area contributed by atoms with Gasteiger partial charge >= 0.3 is 0 Å². The molecule has 4 rings (SSSR count). The number of anilines is 2. The SMILES string of the molecule is COc1ccc(CNc2ccc3nc(OC)c(N4CCCCC4)nc3c2)c(OC)c1. The van der Waals surface area contributed by atoms with Crippen LogP contribution in [-0.2, 0) is 6.54 Å². The molecule has 3 aromatic rings. The zero-order chi connectivity index (χ0) is 20.9. The van der Waals surface area contributed by atoms with Gasteiger partial charge in [-0.05, 0) is 49.6 Å². The molecule has 1 saturated heterocycles. The van der Waals surface area contributed by atoms with Gasteiger partial charge in [0.1, 0.15) is 11.5 Å². The molecule has 1 aliphatic heterocycles. The minimum Gasteiger partial charge on any atom is -0.497 e. The van der Waals surface area contributed by atoms with E-state index in [1.165, 1.54) is 19.3 Å². The van der Waals surface area contributed by atoms with E-state index in [-0.39, 0.29) is 0 Å². The van der Waals surface area contributed by atoms with E-state index in [0.717, 1.165) is 52.7 Å². The minimum absolute atomic E-state index is 0.591. The van der Waals surface area contributed by atoms with Crippen LogP contribution >= 0.6 is 0 Å². The normalized spacial score (nSPS) is 13.9. The Hall–Kier alpha value is -3.22. The fourth-order valence-corrected chi connectivity index (χ4v) is 3.78. The molecular formula is C23H28N4O3. The van der Waals surface area contributed by atoms with E-state index in [4.69, 9.17) is 19.2 Å². The van der Waals surface area contributed by atoms with Crippen molar-refractivity contribution >= 4 is 22.5 Å². The molecule has 2 aromatic carbocycles. The number of fused-ring (bicyclic) bond motifs is 1. The molecule has 0 radical (unpaired) electrons. The molecule has 0 amide bonds. The van der Waals surface area contributed by atoms with Crippen molar-refractivity contribution in [2.75, 3.05) is 44.6 Å². The van der Waals surface area contributed by atoms with Crippen molar-refractivity contribution in [3.05, 3.63) is 42.0 Å². The van der Waals surface area contributed by atoms with E-state index in [1.807, 2.05) is 36.4 Å². The maximum absolute atomic E-state index is 5.53. The molecule has 0 unspecified atom stereocenters. The van der Waals surface area contributed by atoms with Crippen LogP contribution in [-0.4, -0.2) is 44.4 Å². The summed E-state index contributed by atoms with van der Waals surface area (Å²) in [6.07, 6.45) is 3.62. The smallest absolute Gasteiger partial charge is 0.257 e. The van der Waals surface area contributed by atoms with Crippen molar-refractivity contribution in [2.24, 2.45) is 0 Å². The maximum atomic E-state index is 5.53. The Morgan fingerprint density at radius 2 is 1.70 bits per heavy atom. The average molecular weight is 409 g/mol. The lowest BCUT2D eigenvalue weighted by atomic mass is 10.1. The van der Waals surface area contributed by atoms with E-state index >= 15 is 0 Å². The highest BCUT2D eigenvalue weighted by Crippen LogP contribution is 2.30. The Balaban J connectivity index is 1.58. The Morgan fingerprint density at radius 3 is 2.43 bits per heavy atom. The summed E-state index contributed by atoms with van der Waals surface area (Å²) in [6, 6.07) is 11.8. The largest absolute Gasteiger partial charge is 0.497 e. The standard InChI is InChI=1S/C23H28N4O3/c1-28-18-9-7-16(21(14-18)29-2)15-24-17-8-10-19-20(13-17)25-22(23(26-19)30-3)27-11-5-4-6-12-27/h7-10,13-14,24H,4-6,11-12,15H2,1-3H3. The van der Waals surface area contributed by atoms with Crippen LogP contribution in [0.25, 0.3) is 11.0 Å². The van der Waals surface area contributed by atoms with Crippen molar-refractivity contribution in [2.45, 2.75) is 25.8 Å². The van der Waals surface area contributed by atoms with Crippen LogP contribution in [0, 0.1) is 0 Å². The molecule has 0 atom stereocenters. The third-order valence-electron chi connectivity index (χ3n) is 5.44. The Morgan fingerprint density at radius 1 is 0.867 bits per heavy atom. The number of piperidine rings is 1. The van der Waals surface area contributed by atoms with Gasteiger partial charge in [-0.3, -0.25) is 0 Å². The highest BCUT2D eigenvalue weighted by Gasteiger charge is 2.19. The number of benzene rings is 2. The first-order valence-electron chi connectivity index (χ1n) is 10.3. The highest BCUT2D eigenvalue weighted by atomic mass is 16.5. The summed E-state index contributed by atoms with van der Waals surface area (Å²) in [7, 11) is 4.97. The van der Waals surface area contributed by atoms with Gasteiger partial charge in [0.05, 0.1) is 32.4 Å². The highest BCUT2D eigenvalue weighted by molar-refractivity contribution is 5.81. The van der Waals surface area contributed by atoms with Crippen molar-refractivity contribution in [3.63, 3.8) is 0 Å². The second-order valence-electron chi connectivity index (χ2n) is 7.34. The molecule has 1 aliphatic rings. The molecule has 0 saturated carbocycles. The predicted molar refractivity (Wildman–Crippen MR) is 119 cm³/mol. The van der Waals surface area contributed by atoms with Gasteiger partial charge in [0.25, 0.3) is 5.88 Å². The summed E-state index contributed by atoms with van der Waals surface area (Å²) >= 11 is 0. The summed E-state index contributed by atoms with van der Waals surface area (Å²) in [6.45, 7) is 2.61. The van der Waals surface area contributed by atoms with Crippen LogP contribution < -0.4 is 24.4 Å². The molecule has 2 heterocycles. The third-order valence-corrected chi connectivity index (χ3v) is 5.44. The molecule has 7 heteroatoms. The summed E-state index contributed by atoms with van der Waals surface area (Å²) < 4.78 is 16.3. The van der Waals surface area contributed by atoms with E-state index in [1.54, 1.807) is 21.3 Å². The molecule has 7 nitrogen and oxygen atoms in total. The topological polar surface area (TPSA) is 68.7 Å². The van der Waals surface area contributed by atoms with Gasteiger partial charge in [-0.2, -0.15) is 0 Å². The van der Waals surface area contributed by atoms with Crippen molar-refractivity contribution in [1.82, 2.24) is 9.97 Å². The number of aromatic nitrogens is 2. The fraction of sp³-hybridized carbons (Fsp3) is 0.391. The summed E-state index contributed by atoms with van der Waals surface area (Å²) in [4.78, 5) is 11.9. The van der Waals surface area contributed by atoms with E-state index < -0.39 is 0 Å². The molecule has 30 heavy (non-hydrogen) atoms. The second-order valence-corrected chi connectivity index (χ2v) is 7.34. The Kier molecular flexibility index (Phi) is 6.07.